The lowest BCUT2D eigenvalue weighted by Gasteiger charge is -2.22. The fourth-order valence-electron chi connectivity index (χ4n) is 8.07. The Kier molecular flexibility index (Phi) is 6.60. The highest BCUT2D eigenvalue weighted by atomic mass is 14.2. The highest BCUT2D eigenvalue weighted by molar-refractivity contribution is 6.24. The minimum Gasteiger partial charge on any atom is -0.0616 e. The van der Waals surface area contributed by atoms with Crippen LogP contribution in [0.3, 0.4) is 0 Å². The first-order valence-corrected chi connectivity index (χ1v) is 17.3. The molecule has 0 saturated heterocycles. The Bertz CT molecular complexity index is 2770. The second-order valence-electron chi connectivity index (χ2n) is 13.3. The molecule has 10 aromatic carbocycles. The fraction of sp³-hybridized carbons (Fsp3) is 0. The summed E-state index contributed by atoms with van der Waals surface area (Å²) >= 11 is 0. The van der Waals surface area contributed by atoms with E-state index in [0.717, 1.165) is 0 Å². The molecule has 0 heterocycles. The van der Waals surface area contributed by atoms with E-state index in [1.54, 1.807) is 0 Å². The van der Waals surface area contributed by atoms with Crippen molar-refractivity contribution in [2.45, 2.75) is 0 Å². The lowest BCUT2D eigenvalue weighted by atomic mass is 9.80. The van der Waals surface area contributed by atoms with E-state index in [2.05, 4.69) is 194 Å². The molecule has 50 heavy (non-hydrogen) atoms. The van der Waals surface area contributed by atoms with E-state index in [1.807, 2.05) is 0 Å². The summed E-state index contributed by atoms with van der Waals surface area (Å²) in [6, 6.07) is 71.5. The van der Waals surface area contributed by atoms with Gasteiger partial charge >= 0.3 is 0 Å². The quantitative estimate of drug-likeness (QED) is 0.169. The third-order valence-corrected chi connectivity index (χ3v) is 10.4. The normalized spacial score (nSPS) is 11.6. The van der Waals surface area contributed by atoms with Gasteiger partial charge in [-0.05, 0) is 117 Å². The van der Waals surface area contributed by atoms with Crippen LogP contribution in [-0.4, -0.2) is 0 Å². The number of hydrogen-bond donors (Lipinski definition) is 0. The summed E-state index contributed by atoms with van der Waals surface area (Å²) in [5.74, 6) is 0. The summed E-state index contributed by atoms with van der Waals surface area (Å²) in [6.07, 6.45) is 0. The monoisotopic (exact) mass is 632 g/mol. The molecule has 0 fully saturated rings. The SMILES string of the molecule is c1cc(-c2ccc3ccccc3c2)c(-c2c3ccccc3c(-c3ccc4ccccc4c3)c3ccccc23)c(-c2ccc3ccccc3c2)c1. The zero-order valence-corrected chi connectivity index (χ0v) is 27.5. The van der Waals surface area contributed by atoms with Gasteiger partial charge in [-0.1, -0.05) is 176 Å². The average molecular weight is 633 g/mol. The Morgan fingerprint density at radius 3 is 0.980 bits per heavy atom. The topological polar surface area (TPSA) is 0 Å². The van der Waals surface area contributed by atoms with E-state index >= 15 is 0 Å². The number of fused-ring (bicyclic) bond motifs is 5. The minimum absolute atomic E-state index is 1.22. The van der Waals surface area contributed by atoms with Gasteiger partial charge in [-0.15, -0.1) is 0 Å². The predicted molar refractivity (Wildman–Crippen MR) is 216 cm³/mol. The highest BCUT2D eigenvalue weighted by Gasteiger charge is 2.22. The first-order valence-electron chi connectivity index (χ1n) is 17.3. The summed E-state index contributed by atoms with van der Waals surface area (Å²) in [7, 11) is 0. The van der Waals surface area contributed by atoms with Gasteiger partial charge in [-0.2, -0.15) is 0 Å². The molecule has 0 radical (unpaired) electrons. The molecule has 232 valence electrons. The van der Waals surface area contributed by atoms with Crippen LogP contribution in [0.4, 0.5) is 0 Å². The van der Waals surface area contributed by atoms with Crippen molar-refractivity contribution in [3.05, 3.63) is 194 Å². The molecule has 0 aliphatic rings. The molecule has 0 atom stereocenters. The van der Waals surface area contributed by atoms with Crippen LogP contribution in [0.1, 0.15) is 0 Å². The van der Waals surface area contributed by atoms with Crippen molar-refractivity contribution in [2.75, 3.05) is 0 Å². The Morgan fingerprint density at radius 2 is 0.540 bits per heavy atom. The van der Waals surface area contributed by atoms with Gasteiger partial charge in [0.05, 0.1) is 0 Å². The van der Waals surface area contributed by atoms with Crippen LogP contribution in [-0.2, 0) is 0 Å². The second-order valence-corrected chi connectivity index (χ2v) is 13.3. The minimum atomic E-state index is 1.22. The largest absolute Gasteiger partial charge is 0.0616 e. The lowest BCUT2D eigenvalue weighted by molar-refractivity contribution is 1.60. The van der Waals surface area contributed by atoms with Crippen LogP contribution in [0.2, 0.25) is 0 Å². The Morgan fingerprint density at radius 1 is 0.200 bits per heavy atom. The molecule has 0 heteroatoms. The maximum absolute atomic E-state index is 2.35. The third-order valence-electron chi connectivity index (χ3n) is 10.4. The van der Waals surface area contributed by atoms with Crippen LogP contribution in [0.15, 0.2) is 194 Å². The summed E-state index contributed by atoms with van der Waals surface area (Å²) < 4.78 is 0. The predicted octanol–water partition coefficient (Wildman–Crippen LogP) is 14.1. The molecule has 0 aliphatic heterocycles. The van der Waals surface area contributed by atoms with Crippen LogP contribution >= 0.6 is 0 Å². The first kappa shape index (κ1) is 28.5. The second kappa shape index (κ2) is 11.6. The van der Waals surface area contributed by atoms with Crippen molar-refractivity contribution in [1.29, 1.82) is 0 Å². The molecule has 10 rings (SSSR count). The van der Waals surface area contributed by atoms with Gasteiger partial charge in [0.15, 0.2) is 0 Å². The van der Waals surface area contributed by atoms with Gasteiger partial charge < -0.3 is 0 Å². The van der Waals surface area contributed by atoms with E-state index in [4.69, 9.17) is 0 Å². The van der Waals surface area contributed by atoms with Crippen LogP contribution < -0.4 is 0 Å². The Balaban J connectivity index is 1.34. The molecular formula is C50H32. The zero-order chi connectivity index (χ0) is 33.0. The van der Waals surface area contributed by atoms with Gasteiger partial charge in [0.1, 0.15) is 0 Å². The Labute approximate surface area is 291 Å². The average Bonchev–Trinajstić information content (AvgIpc) is 3.19. The van der Waals surface area contributed by atoms with Gasteiger partial charge in [0.2, 0.25) is 0 Å². The van der Waals surface area contributed by atoms with Crippen molar-refractivity contribution >= 4 is 53.9 Å². The van der Waals surface area contributed by atoms with Gasteiger partial charge in [0, 0.05) is 0 Å². The molecule has 0 unspecified atom stereocenters. The van der Waals surface area contributed by atoms with Crippen molar-refractivity contribution < 1.29 is 0 Å². The van der Waals surface area contributed by atoms with Crippen LogP contribution in [0.25, 0.3) is 98.4 Å². The lowest BCUT2D eigenvalue weighted by Crippen LogP contribution is -1.95. The van der Waals surface area contributed by atoms with Gasteiger partial charge in [0.25, 0.3) is 0 Å². The molecule has 0 N–H and O–H groups in total. The maximum Gasteiger partial charge on any atom is -0.00139 e. The van der Waals surface area contributed by atoms with E-state index in [9.17, 15) is 0 Å². The third kappa shape index (κ3) is 4.61. The molecule has 0 bridgehead atoms. The van der Waals surface area contributed by atoms with Crippen LogP contribution in [0.5, 0.6) is 0 Å². The fourth-order valence-corrected chi connectivity index (χ4v) is 8.07. The standard InChI is InChI=1S/C50H32/c1-4-15-36-30-39(27-24-33(36)12-1)42-22-11-23-43(40-28-25-34-13-2-5-16-37(34)31-40)49(42)50-46-20-9-7-18-44(46)48(45-19-8-10-21-47(45)50)41-29-26-35-14-3-6-17-38(35)32-41/h1-32H. The van der Waals surface area contributed by atoms with Gasteiger partial charge in [-0.25, -0.2) is 0 Å². The van der Waals surface area contributed by atoms with Gasteiger partial charge in [-0.3, -0.25) is 0 Å². The van der Waals surface area contributed by atoms with Crippen molar-refractivity contribution in [1.82, 2.24) is 0 Å². The van der Waals surface area contributed by atoms with E-state index in [0.29, 0.717) is 0 Å². The summed E-state index contributed by atoms with van der Waals surface area (Å²) in [5, 5.41) is 12.5. The number of benzene rings is 10. The highest BCUT2D eigenvalue weighted by Crippen LogP contribution is 2.49. The Hall–Kier alpha value is -6.50. The van der Waals surface area contributed by atoms with Crippen LogP contribution in [0, 0.1) is 0 Å². The van der Waals surface area contributed by atoms with Crippen molar-refractivity contribution in [2.24, 2.45) is 0 Å². The summed E-state index contributed by atoms with van der Waals surface area (Å²) in [5.41, 5.74) is 9.94. The molecule has 0 saturated carbocycles. The maximum atomic E-state index is 2.35. The van der Waals surface area contributed by atoms with Crippen molar-refractivity contribution in [3.63, 3.8) is 0 Å². The van der Waals surface area contributed by atoms with E-state index in [-0.39, 0.29) is 0 Å². The molecule has 0 aromatic heterocycles. The number of hydrogen-bond acceptors (Lipinski definition) is 0. The molecular weight excluding hydrogens is 601 g/mol. The summed E-state index contributed by atoms with van der Waals surface area (Å²) in [6.45, 7) is 0. The molecule has 0 amide bonds. The smallest absolute Gasteiger partial charge is 0.00139 e. The first-order chi connectivity index (χ1) is 24.8. The number of rotatable bonds is 4. The van der Waals surface area contributed by atoms with Crippen molar-refractivity contribution in [3.8, 4) is 44.5 Å². The van der Waals surface area contributed by atoms with E-state index in [1.165, 1.54) is 98.4 Å². The molecule has 0 spiro atoms. The molecule has 10 aromatic rings. The molecule has 0 aliphatic carbocycles. The molecule has 0 nitrogen and oxygen atoms in total. The zero-order valence-electron chi connectivity index (χ0n) is 27.5. The van der Waals surface area contributed by atoms with E-state index < -0.39 is 0 Å². The summed E-state index contributed by atoms with van der Waals surface area (Å²) in [4.78, 5) is 0.